The van der Waals surface area contributed by atoms with Crippen molar-refractivity contribution in [1.29, 1.82) is 0 Å². The fourth-order valence-electron chi connectivity index (χ4n) is 1.96. The fraction of sp³-hybridized carbons (Fsp3) is 0.400. The molecule has 110 valence electrons. The van der Waals surface area contributed by atoms with E-state index in [-0.39, 0.29) is 17.3 Å². The Bertz CT molecular complexity index is 636. The third kappa shape index (κ3) is 3.19. The largest absolute Gasteiger partial charge is 0.465 e. The molecule has 4 N–H and O–H groups in total. The monoisotopic (exact) mass is 364 g/mol. The van der Waals surface area contributed by atoms with Crippen LogP contribution in [0.1, 0.15) is 6.42 Å². The van der Waals surface area contributed by atoms with Gasteiger partial charge in [-0.2, -0.15) is 0 Å². The normalized spacial score (nSPS) is 19.2. The number of nitrogens with zero attached hydrogens (tertiary/aromatic N) is 2. The Morgan fingerprint density at radius 3 is 2.90 bits per heavy atom. The van der Waals surface area contributed by atoms with Gasteiger partial charge in [-0.3, -0.25) is 0 Å². The Morgan fingerprint density at radius 2 is 2.30 bits per heavy atom. The highest BCUT2D eigenvalue weighted by molar-refractivity contribution is 9.10. The van der Waals surface area contributed by atoms with Crippen molar-refractivity contribution in [3.8, 4) is 0 Å². The van der Waals surface area contributed by atoms with Crippen molar-refractivity contribution < 1.29 is 18.3 Å². The van der Waals surface area contributed by atoms with Crippen molar-refractivity contribution in [3.63, 3.8) is 0 Å². The first kappa shape index (κ1) is 15.0. The smallest absolute Gasteiger partial charge is 0.407 e. The van der Waals surface area contributed by atoms with Crippen molar-refractivity contribution >= 4 is 37.9 Å². The molecule has 0 aromatic carbocycles. The number of carboxylic acid groups (broad SMARTS) is 1. The maximum Gasteiger partial charge on any atom is 0.407 e. The second kappa shape index (κ2) is 5.54. The summed E-state index contributed by atoms with van der Waals surface area (Å²) in [5, 5.41) is 8.84. The van der Waals surface area contributed by atoms with E-state index in [0.717, 1.165) is 4.90 Å². The zero-order chi connectivity index (χ0) is 14.9. The predicted octanol–water partition coefficient (Wildman–Crippen LogP) is 0.457. The molecule has 10 heteroatoms. The van der Waals surface area contributed by atoms with Gasteiger partial charge in [0.05, 0.1) is 0 Å². The highest BCUT2D eigenvalue weighted by Crippen LogP contribution is 2.21. The van der Waals surface area contributed by atoms with Gasteiger partial charge in [0.1, 0.15) is 10.7 Å². The lowest BCUT2D eigenvalue weighted by Crippen LogP contribution is -2.38. The number of sulfonamides is 1. The summed E-state index contributed by atoms with van der Waals surface area (Å²) in [6.07, 6.45) is 0.762. The average Bonchev–Trinajstić information content (AvgIpc) is 2.80. The number of hydrogen-bond acceptors (Lipinski definition) is 5. The molecular weight excluding hydrogens is 352 g/mol. The molecule has 20 heavy (non-hydrogen) atoms. The fourth-order valence-corrected chi connectivity index (χ4v) is 3.81. The van der Waals surface area contributed by atoms with Gasteiger partial charge in [-0.1, -0.05) is 0 Å². The first-order valence-corrected chi connectivity index (χ1v) is 7.98. The zero-order valence-corrected chi connectivity index (χ0v) is 12.7. The lowest BCUT2D eigenvalue weighted by molar-refractivity contribution is 0.155. The zero-order valence-electron chi connectivity index (χ0n) is 10.3. The summed E-state index contributed by atoms with van der Waals surface area (Å²) < 4.78 is 27.4. The van der Waals surface area contributed by atoms with Crippen LogP contribution in [0.5, 0.6) is 0 Å². The molecule has 1 aromatic rings. The van der Waals surface area contributed by atoms with Crippen LogP contribution in [0.25, 0.3) is 0 Å². The third-order valence-corrected chi connectivity index (χ3v) is 4.90. The summed E-state index contributed by atoms with van der Waals surface area (Å²) in [4.78, 5) is 15.6. The Morgan fingerprint density at radius 1 is 1.60 bits per heavy atom. The Balaban J connectivity index is 2.16. The van der Waals surface area contributed by atoms with E-state index in [1.54, 1.807) is 0 Å². The summed E-state index contributed by atoms with van der Waals surface area (Å²) in [6, 6.07) is 0.892. The van der Waals surface area contributed by atoms with Crippen LogP contribution >= 0.6 is 15.9 Å². The second-order valence-corrected chi connectivity index (χ2v) is 6.97. The molecule has 0 bridgehead atoms. The quantitative estimate of drug-likeness (QED) is 0.714. The highest BCUT2D eigenvalue weighted by atomic mass is 79.9. The van der Waals surface area contributed by atoms with E-state index >= 15 is 0 Å². The number of pyridine rings is 1. The number of hydrogen-bond donors (Lipinski definition) is 3. The number of nitrogen functional groups attached to an aromatic ring is 1. The van der Waals surface area contributed by atoms with Gasteiger partial charge in [0.2, 0.25) is 10.0 Å². The molecule has 8 nitrogen and oxygen atoms in total. The molecule has 0 spiro atoms. The third-order valence-electron chi connectivity index (χ3n) is 2.92. The van der Waals surface area contributed by atoms with E-state index in [2.05, 4.69) is 25.6 Å². The van der Waals surface area contributed by atoms with Crippen LogP contribution in [0.3, 0.4) is 0 Å². The van der Waals surface area contributed by atoms with Gasteiger partial charge in [0.25, 0.3) is 0 Å². The number of aromatic nitrogens is 1. The number of nitrogens with one attached hydrogen (secondary N) is 1. The minimum absolute atomic E-state index is 0.103. The molecule has 1 aliphatic heterocycles. The molecule has 1 fully saturated rings. The number of rotatable bonds is 3. The van der Waals surface area contributed by atoms with E-state index in [1.807, 2.05) is 0 Å². The van der Waals surface area contributed by atoms with Crippen LogP contribution in [0.15, 0.2) is 21.6 Å². The minimum atomic E-state index is -3.83. The van der Waals surface area contributed by atoms with Gasteiger partial charge in [-0.25, -0.2) is 22.9 Å². The van der Waals surface area contributed by atoms with E-state index < -0.39 is 22.2 Å². The number of carbonyl (C=O) groups is 1. The Hall–Kier alpha value is -1.39. The van der Waals surface area contributed by atoms with E-state index in [0.29, 0.717) is 17.4 Å². The second-order valence-electron chi connectivity index (χ2n) is 4.37. The minimum Gasteiger partial charge on any atom is -0.465 e. The van der Waals surface area contributed by atoms with Crippen molar-refractivity contribution in [2.75, 3.05) is 18.8 Å². The SMILES string of the molecule is Nc1ncc(Br)cc1S(=O)(=O)NC1CCN(C(=O)O)C1. The molecule has 1 aromatic heterocycles. The van der Waals surface area contributed by atoms with Crippen LogP contribution in [-0.4, -0.2) is 48.6 Å². The van der Waals surface area contributed by atoms with Gasteiger partial charge in [0.15, 0.2) is 0 Å². The van der Waals surface area contributed by atoms with Crippen LogP contribution in [0.4, 0.5) is 10.6 Å². The highest BCUT2D eigenvalue weighted by Gasteiger charge is 2.30. The number of likely N-dealkylation sites (tertiary alicyclic amines) is 1. The molecule has 0 saturated carbocycles. The molecule has 2 rings (SSSR count). The van der Waals surface area contributed by atoms with Gasteiger partial charge >= 0.3 is 6.09 Å². The predicted molar refractivity (Wildman–Crippen MR) is 74.7 cm³/mol. The number of anilines is 1. The van der Waals surface area contributed by atoms with Crippen LogP contribution in [-0.2, 0) is 10.0 Å². The summed E-state index contributed by atoms with van der Waals surface area (Å²) in [5.41, 5.74) is 5.57. The van der Waals surface area contributed by atoms with Crippen LogP contribution in [0, 0.1) is 0 Å². The van der Waals surface area contributed by atoms with Crippen molar-refractivity contribution in [3.05, 3.63) is 16.7 Å². The molecule has 2 heterocycles. The van der Waals surface area contributed by atoms with E-state index in [1.165, 1.54) is 12.3 Å². The van der Waals surface area contributed by atoms with Crippen LogP contribution < -0.4 is 10.5 Å². The van der Waals surface area contributed by atoms with Crippen LogP contribution in [0.2, 0.25) is 0 Å². The summed E-state index contributed by atoms with van der Waals surface area (Å²) in [5.74, 6) is -0.103. The molecule has 1 amide bonds. The lowest BCUT2D eigenvalue weighted by atomic mass is 10.3. The molecule has 0 radical (unpaired) electrons. The Labute approximate surface area is 124 Å². The topological polar surface area (TPSA) is 126 Å². The molecule has 1 aliphatic rings. The Kier molecular flexibility index (Phi) is 4.16. The summed E-state index contributed by atoms with van der Waals surface area (Å²) in [7, 11) is -3.83. The number of amides is 1. The molecule has 1 atom stereocenters. The first-order valence-electron chi connectivity index (χ1n) is 5.71. The van der Waals surface area contributed by atoms with Crippen molar-refractivity contribution in [2.45, 2.75) is 17.4 Å². The maximum absolute atomic E-state index is 12.2. The van der Waals surface area contributed by atoms with Crippen molar-refractivity contribution in [1.82, 2.24) is 14.6 Å². The molecular formula is C10H13BrN4O4S. The van der Waals surface area contributed by atoms with Gasteiger partial charge < -0.3 is 15.7 Å². The van der Waals surface area contributed by atoms with Gasteiger partial charge in [0, 0.05) is 29.8 Å². The molecule has 1 saturated heterocycles. The van der Waals surface area contributed by atoms with Crippen molar-refractivity contribution in [2.24, 2.45) is 0 Å². The lowest BCUT2D eigenvalue weighted by Gasteiger charge is -2.15. The molecule has 0 aliphatic carbocycles. The van der Waals surface area contributed by atoms with Gasteiger partial charge in [-0.05, 0) is 28.4 Å². The maximum atomic E-state index is 12.2. The van der Waals surface area contributed by atoms with E-state index in [9.17, 15) is 13.2 Å². The number of halogens is 1. The molecule has 1 unspecified atom stereocenters. The van der Waals surface area contributed by atoms with E-state index in [4.69, 9.17) is 10.8 Å². The standard InChI is InChI=1S/C10H13BrN4O4S/c11-6-3-8(9(12)13-4-6)20(18,19)14-7-1-2-15(5-7)10(16)17/h3-4,7,14H,1-2,5H2,(H2,12,13)(H,16,17). The van der Waals surface area contributed by atoms with Gasteiger partial charge in [-0.15, -0.1) is 0 Å². The average molecular weight is 365 g/mol. The summed E-state index contributed by atoms with van der Waals surface area (Å²) >= 11 is 3.13. The first-order chi connectivity index (χ1) is 9.29. The summed E-state index contributed by atoms with van der Waals surface area (Å²) in [6.45, 7) is 0.421. The number of nitrogens with two attached hydrogens (primary N) is 1.